The molecule has 0 bridgehead atoms. The average molecular weight is 312 g/mol. The molecule has 0 atom stereocenters. The zero-order valence-corrected chi connectivity index (χ0v) is 12.3. The van der Waals surface area contributed by atoms with Gasteiger partial charge in [0.05, 0.1) is 16.0 Å². The largest absolute Gasteiger partial charge is 0.459 e. The summed E-state index contributed by atoms with van der Waals surface area (Å²) in [5.41, 5.74) is 2.11. The predicted molar refractivity (Wildman–Crippen MR) is 85.2 cm³/mol. The lowest BCUT2D eigenvalue weighted by Crippen LogP contribution is -2.00. The summed E-state index contributed by atoms with van der Waals surface area (Å²) in [5, 5.41) is 1.04. The van der Waals surface area contributed by atoms with Crippen molar-refractivity contribution >= 4 is 33.7 Å². The highest BCUT2D eigenvalue weighted by Crippen LogP contribution is 2.32. The summed E-state index contributed by atoms with van der Waals surface area (Å²) in [6, 6.07) is 12.2. The van der Waals surface area contributed by atoms with Crippen molar-refractivity contribution in [2.45, 2.75) is 6.92 Å². The number of halogens is 1. The Kier molecular flexibility index (Phi) is 2.81. The number of rotatable bonds is 1. The minimum absolute atomic E-state index is 0.0945. The molecule has 0 spiro atoms. The van der Waals surface area contributed by atoms with Crippen LogP contribution in [0.15, 0.2) is 56.1 Å². The Labute approximate surface area is 130 Å². The molecule has 22 heavy (non-hydrogen) atoms. The molecule has 0 aliphatic carbocycles. The highest BCUT2D eigenvalue weighted by molar-refractivity contribution is 6.33. The number of hydrogen-bond donors (Lipinski definition) is 0. The molecule has 0 aliphatic heterocycles. The van der Waals surface area contributed by atoms with E-state index in [1.54, 1.807) is 25.1 Å². The van der Waals surface area contributed by atoms with Crippen molar-refractivity contribution in [2.24, 2.45) is 0 Å². The zero-order valence-electron chi connectivity index (χ0n) is 11.6. The third-order valence-corrected chi connectivity index (χ3v) is 3.81. The molecular formula is C17H10ClNO3. The maximum Gasteiger partial charge on any atom is 0.228 e. The van der Waals surface area contributed by atoms with Crippen LogP contribution < -0.4 is 5.43 Å². The Bertz CT molecular complexity index is 1080. The molecule has 4 rings (SSSR count). The van der Waals surface area contributed by atoms with Gasteiger partial charge in [0.2, 0.25) is 5.89 Å². The molecule has 2 heterocycles. The van der Waals surface area contributed by atoms with E-state index >= 15 is 0 Å². The lowest BCUT2D eigenvalue weighted by molar-refractivity contribution is 0.567. The molecular weight excluding hydrogens is 302 g/mol. The standard InChI is InChI=1S/C17H10ClNO3/c1-9-8-13(20)11-6-7-14-15(16(11)21-9)19-17(22-14)10-4-2-3-5-12(10)18/h2-8H,1H3. The van der Waals surface area contributed by atoms with Crippen LogP contribution in [0.4, 0.5) is 0 Å². The molecule has 0 amide bonds. The summed E-state index contributed by atoms with van der Waals surface area (Å²) >= 11 is 6.18. The average Bonchev–Trinajstić information content (AvgIpc) is 2.91. The van der Waals surface area contributed by atoms with Crippen LogP contribution in [0.2, 0.25) is 5.02 Å². The first-order valence-electron chi connectivity index (χ1n) is 6.72. The van der Waals surface area contributed by atoms with E-state index in [0.717, 1.165) is 0 Å². The maximum atomic E-state index is 12.0. The Morgan fingerprint density at radius 1 is 1.09 bits per heavy atom. The summed E-state index contributed by atoms with van der Waals surface area (Å²) < 4.78 is 11.4. The topological polar surface area (TPSA) is 56.2 Å². The molecule has 0 fully saturated rings. The predicted octanol–water partition coefficient (Wildman–Crippen LogP) is 4.56. The van der Waals surface area contributed by atoms with Gasteiger partial charge in [-0.2, -0.15) is 0 Å². The van der Waals surface area contributed by atoms with Gasteiger partial charge < -0.3 is 8.83 Å². The number of hydrogen-bond acceptors (Lipinski definition) is 4. The molecule has 4 nitrogen and oxygen atoms in total. The van der Waals surface area contributed by atoms with Gasteiger partial charge in [0.25, 0.3) is 0 Å². The Hall–Kier alpha value is -2.59. The van der Waals surface area contributed by atoms with Crippen LogP contribution in [0.3, 0.4) is 0 Å². The van der Waals surface area contributed by atoms with Crippen LogP contribution in [-0.2, 0) is 0 Å². The Morgan fingerprint density at radius 3 is 2.73 bits per heavy atom. The normalized spacial score (nSPS) is 11.4. The second kappa shape index (κ2) is 4.71. The van der Waals surface area contributed by atoms with Crippen molar-refractivity contribution in [3.05, 3.63) is 63.5 Å². The third kappa shape index (κ3) is 1.92. The third-order valence-electron chi connectivity index (χ3n) is 3.48. The van der Waals surface area contributed by atoms with Crippen molar-refractivity contribution < 1.29 is 8.83 Å². The fraction of sp³-hybridized carbons (Fsp3) is 0.0588. The van der Waals surface area contributed by atoms with E-state index in [9.17, 15) is 4.79 Å². The molecule has 5 heteroatoms. The number of nitrogens with zero attached hydrogens (tertiary/aromatic N) is 1. The maximum absolute atomic E-state index is 12.0. The number of aromatic nitrogens is 1. The van der Waals surface area contributed by atoms with E-state index in [1.807, 2.05) is 18.2 Å². The van der Waals surface area contributed by atoms with E-state index < -0.39 is 0 Å². The van der Waals surface area contributed by atoms with Gasteiger partial charge in [-0.15, -0.1) is 0 Å². The van der Waals surface area contributed by atoms with Crippen molar-refractivity contribution in [1.82, 2.24) is 4.98 Å². The molecule has 0 radical (unpaired) electrons. The lowest BCUT2D eigenvalue weighted by Gasteiger charge is -1.97. The zero-order chi connectivity index (χ0) is 15.3. The molecule has 0 N–H and O–H groups in total. The van der Waals surface area contributed by atoms with E-state index in [1.165, 1.54) is 6.07 Å². The molecule has 4 aromatic rings. The van der Waals surface area contributed by atoms with Gasteiger partial charge in [-0.3, -0.25) is 4.79 Å². The number of fused-ring (bicyclic) bond motifs is 3. The van der Waals surface area contributed by atoms with Crippen molar-refractivity contribution in [3.8, 4) is 11.5 Å². The molecule has 0 saturated carbocycles. The summed E-state index contributed by atoms with van der Waals surface area (Å²) in [5.74, 6) is 0.935. The first kappa shape index (κ1) is 13.1. The number of oxazole rings is 1. The molecule has 108 valence electrons. The van der Waals surface area contributed by atoms with E-state index in [-0.39, 0.29) is 5.43 Å². The molecule has 0 saturated heterocycles. The van der Waals surface area contributed by atoms with Gasteiger partial charge in [-0.25, -0.2) is 4.98 Å². The summed E-state index contributed by atoms with van der Waals surface area (Å²) in [4.78, 5) is 16.5. The van der Waals surface area contributed by atoms with Crippen molar-refractivity contribution in [3.63, 3.8) is 0 Å². The highest BCUT2D eigenvalue weighted by Gasteiger charge is 2.15. The number of aryl methyl sites for hydroxylation is 1. The van der Waals surface area contributed by atoms with Crippen LogP contribution in [0.1, 0.15) is 5.76 Å². The fourth-order valence-electron chi connectivity index (χ4n) is 2.47. The van der Waals surface area contributed by atoms with Gasteiger partial charge in [0, 0.05) is 6.07 Å². The van der Waals surface area contributed by atoms with Gasteiger partial charge in [0.15, 0.2) is 22.1 Å². The Balaban J connectivity index is 2.08. The highest BCUT2D eigenvalue weighted by atomic mass is 35.5. The first-order valence-corrected chi connectivity index (χ1v) is 7.10. The van der Waals surface area contributed by atoms with Gasteiger partial charge in [0.1, 0.15) is 5.76 Å². The van der Waals surface area contributed by atoms with E-state index in [4.69, 9.17) is 20.4 Å². The molecule has 2 aromatic carbocycles. The smallest absolute Gasteiger partial charge is 0.228 e. The van der Waals surface area contributed by atoms with Crippen LogP contribution in [-0.4, -0.2) is 4.98 Å². The molecule has 2 aromatic heterocycles. The molecule has 0 aliphatic rings. The quantitative estimate of drug-likeness (QED) is 0.517. The number of benzene rings is 2. The second-order valence-electron chi connectivity index (χ2n) is 5.01. The SMILES string of the molecule is Cc1cc(=O)c2ccc3oc(-c4ccccc4Cl)nc3c2o1. The minimum atomic E-state index is -0.0945. The van der Waals surface area contributed by atoms with E-state index in [0.29, 0.717) is 44.3 Å². The van der Waals surface area contributed by atoms with Crippen LogP contribution in [0.5, 0.6) is 0 Å². The monoisotopic (exact) mass is 311 g/mol. The lowest BCUT2D eigenvalue weighted by atomic mass is 10.2. The van der Waals surface area contributed by atoms with Crippen molar-refractivity contribution in [2.75, 3.05) is 0 Å². The first-order chi connectivity index (χ1) is 10.6. The summed E-state index contributed by atoms with van der Waals surface area (Å²) in [6.07, 6.45) is 0. The van der Waals surface area contributed by atoms with Gasteiger partial charge >= 0.3 is 0 Å². The van der Waals surface area contributed by atoms with Crippen LogP contribution in [0, 0.1) is 6.92 Å². The summed E-state index contributed by atoms with van der Waals surface area (Å²) in [6.45, 7) is 1.73. The summed E-state index contributed by atoms with van der Waals surface area (Å²) in [7, 11) is 0. The van der Waals surface area contributed by atoms with Gasteiger partial charge in [-0.05, 0) is 31.2 Å². The van der Waals surface area contributed by atoms with Crippen molar-refractivity contribution in [1.29, 1.82) is 0 Å². The second-order valence-corrected chi connectivity index (χ2v) is 5.42. The minimum Gasteiger partial charge on any atom is -0.459 e. The van der Waals surface area contributed by atoms with Gasteiger partial charge in [-0.1, -0.05) is 23.7 Å². The van der Waals surface area contributed by atoms with Crippen LogP contribution in [0.25, 0.3) is 33.5 Å². The van der Waals surface area contributed by atoms with Crippen LogP contribution >= 0.6 is 11.6 Å². The Morgan fingerprint density at radius 2 is 1.91 bits per heavy atom. The fourth-order valence-corrected chi connectivity index (χ4v) is 2.69. The molecule has 0 unspecified atom stereocenters. The van der Waals surface area contributed by atoms with E-state index in [2.05, 4.69) is 4.98 Å².